The van der Waals surface area contributed by atoms with Crippen molar-refractivity contribution in [3.8, 4) is 0 Å². The van der Waals surface area contributed by atoms with Crippen molar-refractivity contribution in [1.29, 1.82) is 0 Å². The van der Waals surface area contributed by atoms with Gasteiger partial charge in [0.2, 0.25) is 5.91 Å². The fraction of sp³-hybridized carbons (Fsp3) is 0.474. The summed E-state index contributed by atoms with van der Waals surface area (Å²) in [6.07, 6.45) is 2.83. The van der Waals surface area contributed by atoms with Gasteiger partial charge in [0, 0.05) is 10.6 Å². The molecule has 2 aromatic heterocycles. The first-order chi connectivity index (χ1) is 12.9. The van der Waals surface area contributed by atoms with Gasteiger partial charge >= 0.3 is 5.97 Å². The van der Waals surface area contributed by atoms with E-state index in [0.717, 1.165) is 35.5 Å². The zero-order valence-corrected chi connectivity index (χ0v) is 17.6. The number of fused-ring (bicyclic) bond motifs is 1. The lowest BCUT2D eigenvalue weighted by molar-refractivity contribution is -0.113. The van der Waals surface area contributed by atoms with Gasteiger partial charge in [-0.2, -0.15) is 0 Å². The van der Waals surface area contributed by atoms with E-state index in [2.05, 4.69) is 22.2 Å². The molecule has 0 bridgehead atoms. The lowest BCUT2D eigenvalue weighted by atomic mass is 9.88. The third kappa shape index (κ3) is 4.68. The van der Waals surface area contributed by atoms with Gasteiger partial charge < -0.3 is 10.1 Å². The van der Waals surface area contributed by atoms with Crippen molar-refractivity contribution in [3.63, 3.8) is 0 Å². The zero-order chi connectivity index (χ0) is 19.6. The molecule has 144 valence electrons. The van der Waals surface area contributed by atoms with Crippen LogP contribution < -0.4 is 5.32 Å². The van der Waals surface area contributed by atoms with Crippen LogP contribution in [0.2, 0.25) is 0 Å². The minimum absolute atomic E-state index is 0.161. The average Bonchev–Trinajstić information content (AvgIpc) is 2.95. The van der Waals surface area contributed by atoms with Crippen molar-refractivity contribution >= 4 is 40.0 Å². The van der Waals surface area contributed by atoms with Gasteiger partial charge in [0.15, 0.2) is 0 Å². The second kappa shape index (κ2) is 8.39. The number of esters is 1. The summed E-state index contributed by atoms with van der Waals surface area (Å²) in [6, 6.07) is 1.86. The number of nitrogens with one attached hydrogen (secondary N) is 1. The van der Waals surface area contributed by atoms with Gasteiger partial charge in [0.1, 0.15) is 15.9 Å². The van der Waals surface area contributed by atoms with E-state index in [1.54, 1.807) is 0 Å². The predicted octanol–water partition coefficient (Wildman–Crippen LogP) is 3.80. The number of thiophene rings is 1. The monoisotopic (exact) mass is 405 g/mol. The smallest absolute Gasteiger partial charge is 0.341 e. The van der Waals surface area contributed by atoms with Crippen LogP contribution in [0.3, 0.4) is 0 Å². The van der Waals surface area contributed by atoms with Crippen molar-refractivity contribution in [2.45, 2.75) is 45.1 Å². The number of amides is 1. The molecule has 1 aliphatic rings. The van der Waals surface area contributed by atoms with Crippen LogP contribution in [-0.2, 0) is 22.4 Å². The second-order valence-electron chi connectivity index (χ2n) is 6.78. The fourth-order valence-electron chi connectivity index (χ4n) is 3.22. The molecule has 0 saturated heterocycles. The minimum atomic E-state index is -0.382. The molecule has 2 heterocycles. The summed E-state index contributed by atoms with van der Waals surface area (Å²) in [5, 5.41) is 4.28. The van der Waals surface area contributed by atoms with Crippen LogP contribution in [-0.4, -0.2) is 34.7 Å². The molecular weight excluding hydrogens is 382 g/mol. The number of carbonyl (C=O) groups excluding carboxylic acids is 2. The Morgan fingerprint density at radius 2 is 2.15 bits per heavy atom. The number of nitrogens with zero attached hydrogens (tertiary/aromatic N) is 2. The zero-order valence-electron chi connectivity index (χ0n) is 15.9. The van der Waals surface area contributed by atoms with E-state index < -0.39 is 0 Å². The molecule has 1 unspecified atom stereocenters. The predicted molar refractivity (Wildman–Crippen MR) is 108 cm³/mol. The van der Waals surface area contributed by atoms with Crippen molar-refractivity contribution in [1.82, 2.24) is 9.97 Å². The molecule has 8 heteroatoms. The van der Waals surface area contributed by atoms with Crippen LogP contribution in [0.25, 0.3) is 0 Å². The molecule has 2 aromatic rings. The first-order valence-electron chi connectivity index (χ1n) is 8.85. The molecule has 0 radical (unpaired) electrons. The Hall–Kier alpha value is -1.93. The highest BCUT2D eigenvalue weighted by Crippen LogP contribution is 2.40. The Morgan fingerprint density at radius 3 is 2.85 bits per heavy atom. The average molecular weight is 406 g/mol. The molecule has 1 amide bonds. The Morgan fingerprint density at radius 1 is 1.37 bits per heavy atom. The van der Waals surface area contributed by atoms with Crippen LogP contribution in [0.15, 0.2) is 11.1 Å². The molecule has 0 saturated carbocycles. The number of thioether (sulfide) groups is 1. The van der Waals surface area contributed by atoms with Gasteiger partial charge in [-0.3, -0.25) is 4.79 Å². The van der Waals surface area contributed by atoms with Crippen molar-refractivity contribution in [2.75, 3.05) is 18.2 Å². The Balaban J connectivity index is 1.74. The number of hydrogen-bond acceptors (Lipinski definition) is 7. The normalized spacial score (nSPS) is 15.9. The lowest BCUT2D eigenvalue weighted by Crippen LogP contribution is -2.17. The van der Waals surface area contributed by atoms with E-state index in [1.807, 2.05) is 19.9 Å². The highest BCUT2D eigenvalue weighted by Gasteiger charge is 2.28. The van der Waals surface area contributed by atoms with Crippen molar-refractivity contribution < 1.29 is 14.3 Å². The maximum Gasteiger partial charge on any atom is 0.341 e. The number of rotatable bonds is 5. The van der Waals surface area contributed by atoms with E-state index in [9.17, 15) is 9.59 Å². The molecule has 0 aliphatic heterocycles. The number of anilines is 1. The van der Waals surface area contributed by atoms with E-state index in [4.69, 9.17) is 4.74 Å². The maximum absolute atomic E-state index is 12.5. The highest BCUT2D eigenvalue weighted by molar-refractivity contribution is 7.99. The Bertz CT molecular complexity index is 859. The number of carbonyl (C=O) groups is 2. The van der Waals surface area contributed by atoms with Gasteiger partial charge in [-0.15, -0.1) is 11.3 Å². The summed E-state index contributed by atoms with van der Waals surface area (Å²) in [5.74, 6) is 0.948. The molecule has 0 spiro atoms. The summed E-state index contributed by atoms with van der Waals surface area (Å²) in [5.41, 5.74) is 2.44. The van der Waals surface area contributed by atoms with Crippen molar-refractivity contribution in [3.05, 3.63) is 33.6 Å². The molecule has 1 N–H and O–H groups in total. The van der Waals surface area contributed by atoms with Crippen LogP contribution in [0.4, 0.5) is 5.00 Å². The molecule has 1 atom stereocenters. The quantitative estimate of drug-likeness (QED) is 0.463. The number of hydrogen-bond donors (Lipinski definition) is 1. The number of ether oxygens (including phenoxy) is 1. The topological polar surface area (TPSA) is 81.2 Å². The third-order valence-electron chi connectivity index (χ3n) is 4.45. The van der Waals surface area contributed by atoms with Gasteiger partial charge in [-0.1, -0.05) is 18.7 Å². The van der Waals surface area contributed by atoms with E-state index in [-0.39, 0.29) is 17.6 Å². The Labute approximate surface area is 167 Å². The molecule has 27 heavy (non-hydrogen) atoms. The largest absolute Gasteiger partial charge is 0.465 e. The number of aromatic nitrogens is 2. The first-order valence-corrected chi connectivity index (χ1v) is 10.7. The molecular formula is C19H23N3O3S2. The summed E-state index contributed by atoms with van der Waals surface area (Å²) >= 11 is 2.85. The lowest BCUT2D eigenvalue weighted by Gasteiger charge is -2.18. The summed E-state index contributed by atoms with van der Waals surface area (Å²) in [6.45, 7) is 5.94. The highest BCUT2D eigenvalue weighted by atomic mass is 32.2. The molecule has 1 aliphatic carbocycles. The minimum Gasteiger partial charge on any atom is -0.465 e. The van der Waals surface area contributed by atoms with Gasteiger partial charge in [0.05, 0.1) is 18.4 Å². The maximum atomic E-state index is 12.5. The van der Waals surface area contributed by atoms with Crippen LogP contribution in [0.5, 0.6) is 0 Å². The van der Waals surface area contributed by atoms with Crippen LogP contribution >= 0.6 is 23.1 Å². The van der Waals surface area contributed by atoms with Gasteiger partial charge in [-0.05, 0) is 50.7 Å². The van der Waals surface area contributed by atoms with Gasteiger partial charge in [0.25, 0.3) is 0 Å². The Kier molecular flexibility index (Phi) is 6.16. The molecule has 3 rings (SSSR count). The van der Waals surface area contributed by atoms with E-state index in [1.165, 1.54) is 35.1 Å². The van der Waals surface area contributed by atoms with Crippen LogP contribution in [0, 0.1) is 19.8 Å². The number of methoxy groups -OCH3 is 1. The van der Waals surface area contributed by atoms with Gasteiger partial charge in [-0.25, -0.2) is 14.8 Å². The summed E-state index contributed by atoms with van der Waals surface area (Å²) < 4.78 is 4.96. The van der Waals surface area contributed by atoms with E-state index >= 15 is 0 Å². The summed E-state index contributed by atoms with van der Waals surface area (Å²) in [7, 11) is 1.37. The first kappa shape index (κ1) is 19.8. The van der Waals surface area contributed by atoms with Crippen molar-refractivity contribution in [2.24, 2.45) is 5.92 Å². The third-order valence-corrected chi connectivity index (χ3v) is 6.53. The molecule has 0 aromatic carbocycles. The summed E-state index contributed by atoms with van der Waals surface area (Å²) in [4.78, 5) is 34.5. The fourth-order valence-corrected chi connectivity index (χ4v) is 5.43. The molecule has 6 nitrogen and oxygen atoms in total. The van der Waals surface area contributed by atoms with E-state index in [0.29, 0.717) is 22.3 Å². The number of aryl methyl sites for hydroxylation is 2. The molecule has 0 fully saturated rings. The second-order valence-corrected chi connectivity index (χ2v) is 8.88. The SMILES string of the molecule is COC(=O)c1c(NC(=O)CSc2cc(C)nc(C)n2)sc2c1CCC(C)C2. The van der Waals surface area contributed by atoms with Crippen LogP contribution in [0.1, 0.15) is 45.7 Å². The standard InChI is InChI=1S/C19H23N3O3S2/c1-10-5-6-13-14(7-10)27-18(17(13)19(24)25-4)22-15(23)9-26-16-8-11(2)20-12(3)21-16/h8,10H,5-7,9H2,1-4H3,(H,22,23).